The summed E-state index contributed by atoms with van der Waals surface area (Å²) in [5.41, 5.74) is 5.31. The molecular weight excluding hydrogens is 274 g/mol. The second-order valence-corrected chi connectivity index (χ2v) is 6.61. The number of nitrogens with one attached hydrogen (secondary N) is 1. The number of hydrogen-bond donors (Lipinski definition) is 1. The highest BCUT2D eigenvalue weighted by molar-refractivity contribution is 7.25. The van der Waals surface area contributed by atoms with Gasteiger partial charge in [-0.05, 0) is 35.4 Å². The minimum atomic E-state index is 1.01. The van der Waals surface area contributed by atoms with Crippen molar-refractivity contribution in [1.29, 1.82) is 0 Å². The third kappa shape index (κ3) is 1.57. The van der Waals surface area contributed by atoms with Crippen molar-refractivity contribution < 1.29 is 0 Å². The van der Waals surface area contributed by atoms with E-state index >= 15 is 0 Å². The lowest BCUT2D eigenvalue weighted by Crippen LogP contribution is -2.06. The first-order valence-electron chi connectivity index (χ1n) is 7.18. The lowest BCUT2D eigenvalue weighted by molar-refractivity contribution is 1.18. The zero-order valence-corrected chi connectivity index (χ0v) is 12.2. The average Bonchev–Trinajstić information content (AvgIpc) is 2.92. The first-order chi connectivity index (χ1) is 10.4. The molecule has 1 aliphatic rings. The number of para-hydroxylation sites is 1. The van der Waals surface area contributed by atoms with E-state index in [0.717, 1.165) is 6.42 Å². The van der Waals surface area contributed by atoms with Gasteiger partial charge >= 0.3 is 0 Å². The molecule has 0 atom stereocenters. The summed E-state index contributed by atoms with van der Waals surface area (Å²) in [4.78, 5) is 0. The molecule has 3 aromatic carbocycles. The number of hydrogen-bond acceptors (Lipinski definition) is 2. The van der Waals surface area contributed by atoms with Crippen LogP contribution in [0.5, 0.6) is 0 Å². The van der Waals surface area contributed by atoms with Gasteiger partial charge in [-0.1, -0.05) is 36.4 Å². The van der Waals surface area contributed by atoms with Gasteiger partial charge in [-0.3, -0.25) is 0 Å². The van der Waals surface area contributed by atoms with Gasteiger partial charge in [0, 0.05) is 38.0 Å². The highest BCUT2D eigenvalue weighted by Gasteiger charge is 2.19. The second kappa shape index (κ2) is 4.09. The van der Waals surface area contributed by atoms with E-state index in [1.54, 1.807) is 0 Å². The molecule has 0 radical (unpaired) electrons. The molecule has 0 saturated heterocycles. The minimum absolute atomic E-state index is 1.01. The largest absolute Gasteiger partial charge is 0.355 e. The first kappa shape index (κ1) is 11.4. The smallest absolute Gasteiger partial charge is 0.0427 e. The maximum absolute atomic E-state index is 3.59. The summed E-state index contributed by atoms with van der Waals surface area (Å²) < 4.78 is 2.76. The molecule has 1 aliphatic heterocycles. The van der Waals surface area contributed by atoms with Gasteiger partial charge in [0.2, 0.25) is 0 Å². The quantitative estimate of drug-likeness (QED) is 0.385. The van der Waals surface area contributed by atoms with Gasteiger partial charge in [-0.2, -0.15) is 0 Å². The molecule has 1 aromatic heterocycles. The Morgan fingerprint density at radius 3 is 2.62 bits per heavy atom. The van der Waals surface area contributed by atoms with Crippen molar-refractivity contribution in [1.82, 2.24) is 0 Å². The molecule has 0 bridgehead atoms. The Balaban J connectivity index is 1.86. The molecule has 0 saturated carbocycles. The van der Waals surface area contributed by atoms with Crippen LogP contribution in [0.1, 0.15) is 11.1 Å². The lowest BCUT2D eigenvalue weighted by Gasteiger charge is -2.22. The zero-order valence-electron chi connectivity index (χ0n) is 11.4. The van der Waals surface area contributed by atoms with E-state index in [9.17, 15) is 0 Å². The van der Waals surface area contributed by atoms with Crippen molar-refractivity contribution >= 4 is 42.9 Å². The molecule has 1 N–H and O–H groups in total. The first-order valence-corrected chi connectivity index (χ1v) is 8.00. The summed E-state index contributed by atoms with van der Waals surface area (Å²) >= 11 is 1.89. The van der Waals surface area contributed by atoms with Gasteiger partial charge in [0.05, 0.1) is 0 Å². The van der Waals surface area contributed by atoms with Crippen LogP contribution in [0.4, 0.5) is 11.4 Å². The van der Waals surface area contributed by atoms with Crippen LogP contribution >= 0.6 is 11.3 Å². The molecule has 0 amide bonds. The fraction of sp³-hybridized carbons (Fsp3) is 0.0526. The molecule has 100 valence electrons. The van der Waals surface area contributed by atoms with E-state index in [1.165, 1.54) is 42.7 Å². The predicted molar refractivity (Wildman–Crippen MR) is 91.9 cm³/mol. The highest BCUT2D eigenvalue weighted by Crippen LogP contribution is 2.42. The molecule has 5 rings (SSSR count). The van der Waals surface area contributed by atoms with Gasteiger partial charge in [-0.25, -0.2) is 0 Å². The maximum atomic E-state index is 3.59. The summed E-state index contributed by atoms with van der Waals surface area (Å²) in [5.74, 6) is 0. The predicted octanol–water partition coefficient (Wildman–Crippen LogP) is 5.70. The van der Waals surface area contributed by atoms with Crippen molar-refractivity contribution in [2.24, 2.45) is 0 Å². The van der Waals surface area contributed by atoms with Crippen molar-refractivity contribution in [3.05, 3.63) is 71.8 Å². The SMILES string of the molecule is c1ccc2c(c1)Cc1c(ccc3sc4ccccc4c13)N2. The van der Waals surface area contributed by atoms with Crippen LogP contribution in [0.25, 0.3) is 20.2 Å². The summed E-state index contributed by atoms with van der Waals surface area (Å²) in [5, 5.41) is 6.40. The Hall–Kier alpha value is -2.32. The number of thiophene rings is 1. The maximum Gasteiger partial charge on any atom is 0.0427 e. The topological polar surface area (TPSA) is 12.0 Å². The molecule has 21 heavy (non-hydrogen) atoms. The average molecular weight is 287 g/mol. The zero-order chi connectivity index (χ0) is 13.8. The Labute approximate surface area is 126 Å². The monoisotopic (exact) mass is 287 g/mol. The fourth-order valence-electron chi connectivity index (χ4n) is 3.32. The standard InChI is InChI=1S/C19H13NS/c1-3-7-15-12(5-1)11-14-16(20-15)9-10-18-19(14)13-6-2-4-8-17(13)21-18/h1-10,20H,11H2. The Bertz CT molecular complexity index is 997. The second-order valence-electron chi connectivity index (χ2n) is 5.52. The van der Waals surface area contributed by atoms with E-state index in [2.05, 4.69) is 66.0 Å². The van der Waals surface area contributed by atoms with Crippen molar-refractivity contribution in [2.45, 2.75) is 6.42 Å². The van der Waals surface area contributed by atoms with Crippen LogP contribution in [0.2, 0.25) is 0 Å². The molecule has 0 unspecified atom stereocenters. The molecule has 0 aliphatic carbocycles. The van der Waals surface area contributed by atoms with Gasteiger partial charge in [-0.15, -0.1) is 11.3 Å². The van der Waals surface area contributed by atoms with Crippen LogP contribution < -0.4 is 5.32 Å². The third-order valence-electron chi connectivity index (χ3n) is 4.30. The van der Waals surface area contributed by atoms with Crippen LogP contribution in [0, 0.1) is 0 Å². The van der Waals surface area contributed by atoms with Crippen molar-refractivity contribution in [2.75, 3.05) is 5.32 Å². The molecule has 2 heteroatoms. The third-order valence-corrected chi connectivity index (χ3v) is 5.44. The fourth-order valence-corrected chi connectivity index (χ4v) is 4.45. The molecular formula is C19H13NS. The van der Waals surface area contributed by atoms with Gasteiger partial charge < -0.3 is 5.32 Å². The van der Waals surface area contributed by atoms with Gasteiger partial charge in [0.15, 0.2) is 0 Å². The van der Waals surface area contributed by atoms with Gasteiger partial charge in [0.25, 0.3) is 0 Å². The van der Waals surface area contributed by atoms with Gasteiger partial charge in [0.1, 0.15) is 0 Å². The number of rotatable bonds is 0. The Morgan fingerprint density at radius 2 is 1.62 bits per heavy atom. The number of fused-ring (bicyclic) bond motifs is 6. The Kier molecular flexibility index (Phi) is 2.21. The van der Waals surface area contributed by atoms with Crippen LogP contribution in [0.15, 0.2) is 60.7 Å². The molecule has 2 heterocycles. The number of anilines is 2. The van der Waals surface area contributed by atoms with Crippen molar-refractivity contribution in [3.63, 3.8) is 0 Å². The highest BCUT2D eigenvalue weighted by atomic mass is 32.1. The molecule has 0 spiro atoms. The van der Waals surface area contributed by atoms with Crippen LogP contribution in [-0.2, 0) is 6.42 Å². The summed E-state index contributed by atoms with van der Waals surface area (Å²) in [6.45, 7) is 0. The van der Waals surface area contributed by atoms with E-state index < -0.39 is 0 Å². The lowest BCUT2D eigenvalue weighted by atomic mass is 9.93. The minimum Gasteiger partial charge on any atom is -0.355 e. The number of benzene rings is 3. The van der Waals surface area contributed by atoms with E-state index in [4.69, 9.17) is 0 Å². The van der Waals surface area contributed by atoms with Crippen LogP contribution in [-0.4, -0.2) is 0 Å². The van der Waals surface area contributed by atoms with Crippen molar-refractivity contribution in [3.8, 4) is 0 Å². The summed E-state index contributed by atoms with van der Waals surface area (Å²) in [7, 11) is 0. The molecule has 4 aromatic rings. The van der Waals surface area contributed by atoms with E-state index in [-0.39, 0.29) is 0 Å². The summed E-state index contributed by atoms with van der Waals surface area (Å²) in [6.07, 6.45) is 1.01. The normalized spacial score (nSPS) is 13.0. The summed E-state index contributed by atoms with van der Waals surface area (Å²) in [6, 6.07) is 21.8. The molecule has 1 nitrogen and oxygen atoms in total. The molecule has 0 fully saturated rings. The van der Waals surface area contributed by atoms with Crippen LogP contribution in [0.3, 0.4) is 0 Å². The van der Waals surface area contributed by atoms with E-state index in [1.807, 2.05) is 11.3 Å². The van der Waals surface area contributed by atoms with E-state index in [0.29, 0.717) is 0 Å². The Morgan fingerprint density at radius 1 is 0.762 bits per heavy atom.